The molecule has 36 heavy (non-hydrogen) atoms. The predicted molar refractivity (Wildman–Crippen MR) is 147 cm³/mol. The molecule has 0 unspecified atom stereocenters. The molecule has 2 aromatic rings. The first-order valence-corrected chi connectivity index (χ1v) is 13.6. The highest BCUT2D eigenvalue weighted by Crippen LogP contribution is 2.04. The molecule has 0 bridgehead atoms. The Morgan fingerprint density at radius 1 is 0.667 bits per heavy atom. The van der Waals surface area contributed by atoms with Crippen molar-refractivity contribution in [3.05, 3.63) is 65.2 Å². The average molecular weight is 539 g/mol. The van der Waals surface area contributed by atoms with Gasteiger partial charge in [-0.05, 0) is 26.7 Å². The average Bonchev–Trinajstić information content (AvgIpc) is 2.78. The van der Waals surface area contributed by atoms with Crippen molar-refractivity contribution in [3.63, 3.8) is 0 Å². The number of aryl methyl sites for hydroxylation is 2. The van der Waals surface area contributed by atoms with Crippen molar-refractivity contribution in [2.24, 2.45) is 11.5 Å². The number of amidine groups is 2. The highest BCUT2D eigenvalue weighted by Gasteiger charge is 2.11. The smallest absolute Gasteiger partial charge is 0.331 e. The summed E-state index contributed by atoms with van der Waals surface area (Å²) < 4.78 is 5.46. The predicted octanol–water partition coefficient (Wildman–Crippen LogP) is 0.464. The van der Waals surface area contributed by atoms with Crippen molar-refractivity contribution >= 4 is 33.9 Å². The van der Waals surface area contributed by atoms with Gasteiger partial charge in [0.2, 0.25) is 0 Å². The lowest BCUT2D eigenvalue weighted by Gasteiger charge is -2.13. The second kappa shape index (κ2) is 13.9. The molecule has 0 aliphatic rings. The van der Waals surface area contributed by atoms with Gasteiger partial charge in [0.1, 0.15) is 0 Å². The van der Waals surface area contributed by atoms with Crippen LogP contribution in [0.4, 0.5) is 0 Å². The van der Waals surface area contributed by atoms with E-state index in [2.05, 4.69) is 0 Å². The highest BCUT2D eigenvalue weighted by molar-refractivity contribution is 8.13. The molecule has 0 spiro atoms. The fourth-order valence-electron chi connectivity index (χ4n) is 3.79. The summed E-state index contributed by atoms with van der Waals surface area (Å²) in [5.41, 5.74) is 10.4. The standard InChI is InChI=1S/C22H34N8O4S2/c1-15-13-17(31)29(21(33)27(15)9-11-35-19(23)24)7-5-3-4-6-8-30-18(32)14-16(2)28(22(30)34)10-12-36-20(25)26/h13-14H,3-12H2,1-2H3,(H3,23,24)(H3,25,26). The zero-order chi connectivity index (χ0) is 26.8. The highest BCUT2D eigenvalue weighted by atomic mass is 32.2. The van der Waals surface area contributed by atoms with E-state index >= 15 is 0 Å². The third-order valence-corrected chi connectivity index (χ3v) is 7.03. The molecule has 6 N–H and O–H groups in total. The maximum atomic E-state index is 12.8. The van der Waals surface area contributed by atoms with Gasteiger partial charge >= 0.3 is 11.4 Å². The van der Waals surface area contributed by atoms with E-state index in [1.807, 2.05) is 0 Å². The summed E-state index contributed by atoms with van der Waals surface area (Å²) in [4.78, 5) is 50.2. The fraction of sp³-hybridized carbons (Fsp3) is 0.545. The number of hydrogen-bond donors (Lipinski definition) is 4. The van der Waals surface area contributed by atoms with Crippen molar-refractivity contribution in [2.45, 2.75) is 65.7 Å². The molecule has 0 saturated carbocycles. The van der Waals surface area contributed by atoms with E-state index in [1.54, 1.807) is 13.8 Å². The summed E-state index contributed by atoms with van der Waals surface area (Å²) in [6.07, 6.45) is 2.67. The Bertz CT molecular complexity index is 1220. The summed E-state index contributed by atoms with van der Waals surface area (Å²) in [5.74, 6) is 0.924. The van der Waals surface area contributed by atoms with E-state index in [1.165, 1.54) is 30.4 Å². The van der Waals surface area contributed by atoms with Crippen LogP contribution in [0.1, 0.15) is 37.1 Å². The molecule has 0 atom stereocenters. The lowest BCUT2D eigenvalue weighted by molar-refractivity contribution is 0.486. The van der Waals surface area contributed by atoms with Gasteiger partial charge in [-0.25, -0.2) is 9.59 Å². The summed E-state index contributed by atoms with van der Waals surface area (Å²) in [6, 6.07) is 2.87. The van der Waals surface area contributed by atoms with Gasteiger partial charge in [0, 0.05) is 61.2 Å². The zero-order valence-corrected chi connectivity index (χ0v) is 22.3. The molecule has 0 amide bonds. The Hall–Kier alpha value is -3.00. The lowest BCUT2D eigenvalue weighted by Crippen LogP contribution is -2.41. The maximum absolute atomic E-state index is 12.8. The van der Waals surface area contributed by atoms with Crippen LogP contribution in [-0.2, 0) is 26.2 Å². The van der Waals surface area contributed by atoms with Crippen molar-refractivity contribution in [2.75, 3.05) is 11.5 Å². The van der Waals surface area contributed by atoms with Gasteiger partial charge in [0.25, 0.3) is 11.1 Å². The van der Waals surface area contributed by atoms with Gasteiger partial charge in [-0.1, -0.05) is 36.4 Å². The molecule has 0 saturated heterocycles. The first-order chi connectivity index (χ1) is 17.0. The van der Waals surface area contributed by atoms with E-state index in [4.69, 9.17) is 22.3 Å². The van der Waals surface area contributed by atoms with Crippen LogP contribution in [0.3, 0.4) is 0 Å². The number of rotatable bonds is 13. The first kappa shape index (κ1) is 29.2. The molecule has 2 rings (SSSR count). The number of thioether (sulfide) groups is 2. The van der Waals surface area contributed by atoms with Crippen LogP contribution >= 0.6 is 23.5 Å². The normalized spacial score (nSPS) is 11.1. The molecule has 0 aliphatic heterocycles. The van der Waals surface area contributed by atoms with E-state index in [0.717, 1.165) is 36.4 Å². The summed E-state index contributed by atoms with van der Waals surface area (Å²) in [7, 11) is 0. The Balaban J connectivity index is 1.93. The molecule has 12 nitrogen and oxygen atoms in total. The quantitative estimate of drug-likeness (QED) is 0.161. The molecule has 2 heterocycles. The van der Waals surface area contributed by atoms with Crippen molar-refractivity contribution in [3.8, 4) is 0 Å². The fourth-order valence-corrected chi connectivity index (χ4v) is 4.78. The van der Waals surface area contributed by atoms with E-state index in [-0.39, 0.29) is 45.9 Å². The monoisotopic (exact) mass is 538 g/mol. The lowest BCUT2D eigenvalue weighted by atomic mass is 10.2. The summed E-state index contributed by atoms with van der Waals surface area (Å²) in [6.45, 7) is 4.67. The van der Waals surface area contributed by atoms with E-state index in [9.17, 15) is 19.2 Å². The Morgan fingerprint density at radius 3 is 1.36 bits per heavy atom. The molecule has 0 aliphatic carbocycles. The summed E-state index contributed by atoms with van der Waals surface area (Å²) >= 11 is 2.28. The Kier molecular flexibility index (Phi) is 11.3. The number of nitrogens with zero attached hydrogens (tertiary/aromatic N) is 4. The molecular weight excluding hydrogens is 504 g/mol. The van der Waals surface area contributed by atoms with Crippen LogP contribution in [0.5, 0.6) is 0 Å². The van der Waals surface area contributed by atoms with Crippen molar-refractivity contribution in [1.82, 2.24) is 18.3 Å². The van der Waals surface area contributed by atoms with Gasteiger partial charge in [-0.3, -0.25) is 38.7 Å². The second-order valence-electron chi connectivity index (χ2n) is 8.26. The van der Waals surface area contributed by atoms with Gasteiger partial charge in [-0.15, -0.1) is 0 Å². The van der Waals surface area contributed by atoms with Crippen LogP contribution in [0, 0.1) is 24.7 Å². The minimum absolute atomic E-state index is 0.0205. The molecule has 14 heteroatoms. The third kappa shape index (κ3) is 8.29. The van der Waals surface area contributed by atoms with Gasteiger partial charge in [0.05, 0.1) is 0 Å². The third-order valence-electron chi connectivity index (χ3n) is 5.63. The summed E-state index contributed by atoms with van der Waals surface area (Å²) in [5, 5.41) is 14.5. The molecule has 2 aromatic heterocycles. The molecular formula is C22H34N8O4S2. The van der Waals surface area contributed by atoms with Crippen LogP contribution in [0.25, 0.3) is 0 Å². The van der Waals surface area contributed by atoms with Crippen LogP contribution in [-0.4, -0.2) is 40.1 Å². The largest absolute Gasteiger partial charge is 0.379 e. The van der Waals surface area contributed by atoms with Crippen molar-refractivity contribution in [1.29, 1.82) is 10.8 Å². The minimum Gasteiger partial charge on any atom is -0.379 e. The minimum atomic E-state index is -0.376. The number of hydrogen-bond acceptors (Lipinski definition) is 8. The molecule has 198 valence electrons. The van der Waals surface area contributed by atoms with E-state index in [0.29, 0.717) is 48.8 Å². The van der Waals surface area contributed by atoms with Gasteiger partial charge in [-0.2, -0.15) is 0 Å². The number of unbranched alkanes of at least 4 members (excludes halogenated alkanes) is 3. The van der Waals surface area contributed by atoms with Gasteiger partial charge < -0.3 is 11.5 Å². The molecule has 0 radical (unpaired) electrons. The number of nitrogens with two attached hydrogens (primary N) is 2. The zero-order valence-electron chi connectivity index (χ0n) is 20.6. The van der Waals surface area contributed by atoms with Crippen LogP contribution in [0.15, 0.2) is 31.3 Å². The number of nitrogens with one attached hydrogen (secondary N) is 2. The van der Waals surface area contributed by atoms with Crippen molar-refractivity contribution < 1.29 is 0 Å². The van der Waals surface area contributed by atoms with Gasteiger partial charge in [0.15, 0.2) is 10.3 Å². The Labute approximate surface area is 216 Å². The first-order valence-electron chi connectivity index (χ1n) is 11.6. The SMILES string of the molecule is Cc1cc(=O)n(CCCCCCn2c(=O)cc(C)n(CCSC(=N)N)c2=O)c(=O)n1CCSC(=N)N. The molecule has 0 aromatic carbocycles. The van der Waals surface area contributed by atoms with Crippen LogP contribution < -0.4 is 34.0 Å². The van der Waals surface area contributed by atoms with Crippen LogP contribution in [0.2, 0.25) is 0 Å². The Morgan fingerprint density at radius 2 is 1.03 bits per heavy atom. The number of aromatic nitrogens is 4. The maximum Gasteiger partial charge on any atom is 0.331 e. The topological polar surface area (TPSA) is 188 Å². The molecule has 0 fully saturated rings. The second-order valence-corrected chi connectivity index (χ2v) is 10.5. The van der Waals surface area contributed by atoms with E-state index < -0.39 is 0 Å².